The zero-order chi connectivity index (χ0) is 16.7. The molecule has 0 saturated carbocycles. The molecule has 1 aromatic rings. The van der Waals surface area contributed by atoms with Gasteiger partial charge < -0.3 is 14.8 Å². The van der Waals surface area contributed by atoms with Crippen molar-refractivity contribution in [2.45, 2.75) is 20.8 Å². The summed E-state index contributed by atoms with van der Waals surface area (Å²) in [6.07, 6.45) is 1.16. The molecule has 0 radical (unpaired) electrons. The van der Waals surface area contributed by atoms with Crippen molar-refractivity contribution in [2.24, 2.45) is 7.05 Å². The fraction of sp³-hybridized carbons (Fsp3) is 0.429. The number of aromatic nitrogens is 2. The van der Waals surface area contributed by atoms with Gasteiger partial charge in [0.2, 0.25) is 0 Å². The molecular formula is C14H19N3O5. The summed E-state index contributed by atoms with van der Waals surface area (Å²) in [7, 11) is 1.53. The predicted octanol–water partition coefficient (Wildman–Crippen LogP) is 0.793. The Kier molecular flexibility index (Phi) is 6.30. The van der Waals surface area contributed by atoms with Crippen LogP contribution in [0.15, 0.2) is 17.8 Å². The summed E-state index contributed by atoms with van der Waals surface area (Å²) in [4.78, 5) is 34.9. The second-order valence-corrected chi connectivity index (χ2v) is 4.29. The molecule has 1 aromatic heterocycles. The van der Waals surface area contributed by atoms with E-state index in [0.29, 0.717) is 5.70 Å². The highest BCUT2D eigenvalue weighted by Gasteiger charge is 2.18. The lowest BCUT2D eigenvalue weighted by atomic mass is 10.3. The van der Waals surface area contributed by atoms with Crippen LogP contribution in [0, 0.1) is 0 Å². The smallest absolute Gasteiger partial charge is 0.356 e. The number of carbonyl (C=O) groups excluding carboxylic acids is 3. The third-order valence-corrected chi connectivity index (χ3v) is 2.53. The van der Waals surface area contributed by atoms with Crippen LogP contribution in [0.5, 0.6) is 0 Å². The van der Waals surface area contributed by atoms with Crippen molar-refractivity contribution in [1.82, 2.24) is 15.1 Å². The number of ether oxygens (including phenoxy) is 2. The van der Waals surface area contributed by atoms with E-state index in [9.17, 15) is 14.4 Å². The average molecular weight is 309 g/mol. The quantitative estimate of drug-likeness (QED) is 0.616. The summed E-state index contributed by atoms with van der Waals surface area (Å²) >= 11 is 0. The Morgan fingerprint density at radius 1 is 1.27 bits per heavy atom. The van der Waals surface area contributed by atoms with Crippen molar-refractivity contribution >= 4 is 17.8 Å². The summed E-state index contributed by atoms with van der Waals surface area (Å²) in [6, 6.07) is 1.32. The van der Waals surface area contributed by atoms with Gasteiger partial charge in [0.1, 0.15) is 5.69 Å². The van der Waals surface area contributed by atoms with Gasteiger partial charge in [-0.2, -0.15) is 5.10 Å². The maximum absolute atomic E-state index is 12.0. The van der Waals surface area contributed by atoms with Gasteiger partial charge in [0.15, 0.2) is 5.69 Å². The first-order valence-corrected chi connectivity index (χ1v) is 6.76. The number of rotatable bonds is 6. The van der Waals surface area contributed by atoms with Crippen LogP contribution in [0.2, 0.25) is 0 Å². The lowest BCUT2D eigenvalue weighted by Crippen LogP contribution is -2.23. The number of esters is 2. The Hall–Kier alpha value is -2.64. The molecule has 0 fully saturated rings. The van der Waals surface area contributed by atoms with E-state index in [1.807, 2.05) is 0 Å². The number of aryl methyl sites for hydroxylation is 1. The van der Waals surface area contributed by atoms with E-state index in [-0.39, 0.29) is 24.6 Å². The van der Waals surface area contributed by atoms with Gasteiger partial charge in [0.25, 0.3) is 5.91 Å². The summed E-state index contributed by atoms with van der Waals surface area (Å²) in [5, 5.41) is 6.43. The first-order valence-electron chi connectivity index (χ1n) is 6.76. The average Bonchev–Trinajstić information content (AvgIpc) is 2.81. The van der Waals surface area contributed by atoms with Gasteiger partial charge in [0, 0.05) is 24.9 Å². The fourth-order valence-electron chi connectivity index (χ4n) is 1.61. The van der Waals surface area contributed by atoms with Gasteiger partial charge >= 0.3 is 11.9 Å². The van der Waals surface area contributed by atoms with Crippen LogP contribution < -0.4 is 5.32 Å². The standard InChI is InChI=1S/C14H19N3O5/c1-5-21-12(18)7-9(3)15-13(19)10-8-11(17(4)16-10)14(20)22-6-2/h7-8H,5-6H2,1-4H3,(H,15,19)/b9-7+. The molecule has 0 saturated heterocycles. The lowest BCUT2D eigenvalue weighted by molar-refractivity contribution is -0.137. The molecular weight excluding hydrogens is 290 g/mol. The van der Waals surface area contributed by atoms with Gasteiger partial charge in [-0.3, -0.25) is 9.48 Å². The summed E-state index contributed by atoms with van der Waals surface area (Å²) in [6.45, 7) is 5.40. The minimum atomic E-state index is -0.560. The number of hydrogen-bond acceptors (Lipinski definition) is 6. The van der Waals surface area contributed by atoms with Gasteiger partial charge in [-0.1, -0.05) is 0 Å². The molecule has 0 aromatic carbocycles. The zero-order valence-electron chi connectivity index (χ0n) is 13.0. The van der Waals surface area contributed by atoms with Gasteiger partial charge in [-0.15, -0.1) is 0 Å². The monoisotopic (exact) mass is 309 g/mol. The predicted molar refractivity (Wildman–Crippen MR) is 77.0 cm³/mol. The van der Waals surface area contributed by atoms with Crippen molar-refractivity contribution in [3.63, 3.8) is 0 Å². The largest absolute Gasteiger partial charge is 0.463 e. The zero-order valence-corrected chi connectivity index (χ0v) is 13.0. The molecule has 8 nitrogen and oxygen atoms in total. The first kappa shape index (κ1) is 17.4. The molecule has 0 unspecified atom stereocenters. The van der Waals surface area contributed by atoms with Gasteiger partial charge in [-0.25, -0.2) is 9.59 Å². The van der Waals surface area contributed by atoms with Crippen molar-refractivity contribution in [3.8, 4) is 0 Å². The third-order valence-electron chi connectivity index (χ3n) is 2.53. The van der Waals surface area contributed by atoms with Crippen molar-refractivity contribution < 1.29 is 23.9 Å². The van der Waals surface area contributed by atoms with E-state index < -0.39 is 17.8 Å². The molecule has 1 amide bonds. The number of allylic oxidation sites excluding steroid dienone is 1. The van der Waals surface area contributed by atoms with Crippen LogP contribution in [-0.4, -0.2) is 40.8 Å². The first-order chi connectivity index (χ1) is 10.4. The molecule has 0 aliphatic heterocycles. The molecule has 0 aliphatic rings. The summed E-state index contributed by atoms with van der Waals surface area (Å²) in [5.41, 5.74) is 0.521. The Balaban J connectivity index is 2.80. The minimum absolute atomic E-state index is 0.0437. The highest BCUT2D eigenvalue weighted by atomic mass is 16.5. The fourth-order valence-corrected chi connectivity index (χ4v) is 1.61. The topological polar surface area (TPSA) is 99.5 Å². The van der Waals surface area contributed by atoms with Crippen LogP contribution in [-0.2, 0) is 21.3 Å². The number of nitrogens with one attached hydrogen (secondary N) is 1. The van der Waals surface area contributed by atoms with Crippen molar-refractivity contribution in [1.29, 1.82) is 0 Å². The summed E-state index contributed by atoms with van der Waals surface area (Å²) < 4.78 is 10.9. The summed E-state index contributed by atoms with van der Waals surface area (Å²) in [5.74, 6) is -1.65. The number of nitrogens with zero attached hydrogens (tertiary/aromatic N) is 2. The van der Waals surface area contributed by atoms with Gasteiger partial charge in [-0.05, 0) is 20.8 Å². The van der Waals surface area contributed by atoms with E-state index in [4.69, 9.17) is 9.47 Å². The Labute approximate surface area is 128 Å². The Morgan fingerprint density at radius 2 is 1.91 bits per heavy atom. The van der Waals surface area contributed by atoms with E-state index >= 15 is 0 Å². The third kappa shape index (κ3) is 4.72. The Morgan fingerprint density at radius 3 is 2.50 bits per heavy atom. The van der Waals surface area contributed by atoms with E-state index in [1.54, 1.807) is 20.8 Å². The lowest BCUT2D eigenvalue weighted by Gasteiger charge is -2.02. The van der Waals surface area contributed by atoms with Crippen LogP contribution in [0.25, 0.3) is 0 Å². The Bertz CT molecular complexity index is 604. The molecule has 0 aliphatic carbocycles. The second kappa shape index (κ2) is 7.96. The van der Waals surface area contributed by atoms with E-state index in [1.165, 1.54) is 17.8 Å². The highest BCUT2D eigenvalue weighted by molar-refractivity contribution is 5.97. The maximum Gasteiger partial charge on any atom is 0.356 e. The van der Waals surface area contributed by atoms with Crippen LogP contribution in [0.4, 0.5) is 0 Å². The van der Waals surface area contributed by atoms with Crippen molar-refractivity contribution in [2.75, 3.05) is 13.2 Å². The molecule has 0 bridgehead atoms. The van der Waals surface area contributed by atoms with Crippen LogP contribution >= 0.6 is 0 Å². The molecule has 1 rings (SSSR count). The number of amides is 1. The van der Waals surface area contributed by atoms with Gasteiger partial charge in [0.05, 0.1) is 13.2 Å². The van der Waals surface area contributed by atoms with Crippen LogP contribution in [0.1, 0.15) is 41.7 Å². The van der Waals surface area contributed by atoms with E-state index in [2.05, 4.69) is 10.4 Å². The number of carbonyl (C=O) groups is 3. The molecule has 1 heterocycles. The number of hydrogen-bond donors (Lipinski definition) is 1. The minimum Gasteiger partial charge on any atom is -0.463 e. The molecule has 22 heavy (non-hydrogen) atoms. The molecule has 0 atom stereocenters. The maximum atomic E-state index is 12.0. The SMILES string of the molecule is CCOC(=O)/C=C(\C)NC(=O)c1cc(C(=O)OCC)n(C)n1. The van der Waals surface area contributed by atoms with Crippen LogP contribution in [0.3, 0.4) is 0 Å². The molecule has 8 heteroatoms. The van der Waals surface area contributed by atoms with E-state index in [0.717, 1.165) is 6.08 Å². The second-order valence-electron chi connectivity index (χ2n) is 4.29. The molecule has 120 valence electrons. The normalized spacial score (nSPS) is 11.0. The molecule has 1 N–H and O–H groups in total. The molecule has 0 spiro atoms. The van der Waals surface area contributed by atoms with Crippen molar-refractivity contribution in [3.05, 3.63) is 29.2 Å². The highest BCUT2D eigenvalue weighted by Crippen LogP contribution is 2.06.